The van der Waals surface area contributed by atoms with Crippen LogP contribution in [0.2, 0.25) is 0 Å². The molecule has 4 nitrogen and oxygen atoms in total. The second kappa shape index (κ2) is 6.31. The summed E-state index contributed by atoms with van der Waals surface area (Å²) in [4.78, 5) is 0. The molecule has 0 saturated carbocycles. The molecule has 88 valence electrons. The Hall–Kier alpha value is -1.31. The Morgan fingerprint density at radius 3 is 2.94 bits per heavy atom. The van der Waals surface area contributed by atoms with E-state index in [0.29, 0.717) is 11.7 Å². The van der Waals surface area contributed by atoms with Gasteiger partial charge in [-0.05, 0) is 31.4 Å². The van der Waals surface area contributed by atoms with Gasteiger partial charge in [0.2, 0.25) is 0 Å². The molecular formula is C12H19N3O. The lowest BCUT2D eigenvalue weighted by molar-refractivity contribution is 0.276. The maximum atomic E-state index is 8.81. The molecule has 1 aromatic rings. The molecule has 1 heterocycles. The lowest BCUT2D eigenvalue weighted by Gasteiger charge is -2.11. The number of nitrogens with one attached hydrogen (secondary N) is 1. The van der Waals surface area contributed by atoms with Gasteiger partial charge in [-0.2, -0.15) is 5.26 Å². The number of hydrogen-bond acceptors (Lipinski definition) is 3. The predicted molar refractivity (Wildman–Crippen MR) is 62.7 cm³/mol. The molecule has 0 amide bonds. The lowest BCUT2D eigenvalue weighted by atomic mass is 10.2. The van der Waals surface area contributed by atoms with E-state index in [0.717, 1.165) is 24.9 Å². The van der Waals surface area contributed by atoms with Crippen LogP contribution < -0.4 is 5.32 Å². The van der Waals surface area contributed by atoms with Crippen LogP contribution in [0.5, 0.6) is 0 Å². The molecular weight excluding hydrogens is 202 g/mol. The Morgan fingerprint density at radius 1 is 1.62 bits per heavy atom. The monoisotopic (exact) mass is 221 g/mol. The molecule has 16 heavy (non-hydrogen) atoms. The van der Waals surface area contributed by atoms with Crippen molar-refractivity contribution in [3.63, 3.8) is 0 Å². The van der Waals surface area contributed by atoms with Crippen molar-refractivity contribution >= 4 is 0 Å². The largest absolute Gasteiger partial charge is 0.396 e. The quantitative estimate of drug-likeness (QED) is 0.757. The standard InChI is InChI=1S/C12H19N3O/c1-10(4-3-5-16)14-8-11-6-12(7-13)15(2)9-11/h6,9-10,14,16H,3-5,8H2,1-2H3. The summed E-state index contributed by atoms with van der Waals surface area (Å²) in [6.07, 6.45) is 3.76. The van der Waals surface area contributed by atoms with Crippen LogP contribution in [0.4, 0.5) is 0 Å². The number of aromatic nitrogens is 1. The van der Waals surface area contributed by atoms with E-state index in [-0.39, 0.29) is 6.61 Å². The Balaban J connectivity index is 2.40. The Labute approximate surface area is 96.5 Å². The van der Waals surface area contributed by atoms with Gasteiger partial charge in [-0.25, -0.2) is 0 Å². The number of nitrogens with zero attached hydrogens (tertiary/aromatic N) is 2. The van der Waals surface area contributed by atoms with Gasteiger partial charge in [-0.15, -0.1) is 0 Å². The number of aliphatic hydroxyl groups excluding tert-OH is 1. The molecule has 0 aromatic carbocycles. The zero-order chi connectivity index (χ0) is 12.0. The lowest BCUT2D eigenvalue weighted by Crippen LogP contribution is -2.25. The highest BCUT2D eigenvalue weighted by molar-refractivity contribution is 5.28. The van der Waals surface area contributed by atoms with Crippen LogP contribution in [0.25, 0.3) is 0 Å². The van der Waals surface area contributed by atoms with Gasteiger partial charge >= 0.3 is 0 Å². The highest BCUT2D eigenvalue weighted by Gasteiger charge is 2.04. The highest BCUT2D eigenvalue weighted by Crippen LogP contribution is 2.06. The average molecular weight is 221 g/mol. The molecule has 1 atom stereocenters. The number of aliphatic hydroxyl groups is 1. The Kier molecular flexibility index (Phi) is 5.03. The average Bonchev–Trinajstić information content (AvgIpc) is 2.64. The van der Waals surface area contributed by atoms with Crippen LogP contribution in [-0.4, -0.2) is 22.3 Å². The van der Waals surface area contributed by atoms with E-state index < -0.39 is 0 Å². The summed E-state index contributed by atoms with van der Waals surface area (Å²) < 4.78 is 1.83. The highest BCUT2D eigenvalue weighted by atomic mass is 16.2. The van der Waals surface area contributed by atoms with Gasteiger partial charge in [0.1, 0.15) is 11.8 Å². The summed E-state index contributed by atoms with van der Waals surface area (Å²) in [5.41, 5.74) is 1.80. The minimum absolute atomic E-state index is 0.246. The zero-order valence-electron chi connectivity index (χ0n) is 9.90. The second-order valence-electron chi connectivity index (χ2n) is 4.10. The van der Waals surface area contributed by atoms with Crippen LogP contribution in [0.1, 0.15) is 31.0 Å². The molecule has 0 saturated heterocycles. The van der Waals surface area contributed by atoms with Gasteiger partial charge in [0.25, 0.3) is 0 Å². The van der Waals surface area contributed by atoms with Gasteiger partial charge in [-0.1, -0.05) is 0 Å². The van der Waals surface area contributed by atoms with Crippen LogP contribution >= 0.6 is 0 Å². The molecule has 1 aromatic heterocycles. The summed E-state index contributed by atoms with van der Waals surface area (Å²) in [7, 11) is 1.87. The maximum Gasteiger partial charge on any atom is 0.120 e. The molecule has 0 fully saturated rings. The predicted octanol–water partition coefficient (Wildman–Crippen LogP) is 1.15. The first-order valence-electron chi connectivity index (χ1n) is 5.57. The minimum Gasteiger partial charge on any atom is -0.396 e. The normalized spacial score (nSPS) is 12.4. The first-order valence-corrected chi connectivity index (χ1v) is 5.57. The molecule has 0 bridgehead atoms. The van der Waals surface area contributed by atoms with Gasteiger partial charge in [0.15, 0.2) is 0 Å². The van der Waals surface area contributed by atoms with Crippen molar-refractivity contribution < 1.29 is 5.11 Å². The van der Waals surface area contributed by atoms with Crippen LogP contribution in [0.15, 0.2) is 12.3 Å². The number of aryl methyl sites for hydroxylation is 1. The van der Waals surface area contributed by atoms with E-state index in [1.54, 1.807) is 0 Å². The third-order valence-electron chi connectivity index (χ3n) is 2.63. The fourth-order valence-corrected chi connectivity index (χ4v) is 1.63. The van der Waals surface area contributed by atoms with E-state index in [1.807, 2.05) is 23.9 Å². The summed E-state index contributed by atoms with van der Waals surface area (Å²) in [6, 6.07) is 4.42. The van der Waals surface area contributed by atoms with E-state index in [2.05, 4.69) is 18.3 Å². The van der Waals surface area contributed by atoms with Crippen LogP contribution in [-0.2, 0) is 13.6 Å². The number of rotatable bonds is 6. The third kappa shape index (κ3) is 3.69. The third-order valence-corrected chi connectivity index (χ3v) is 2.63. The zero-order valence-corrected chi connectivity index (χ0v) is 9.90. The fourth-order valence-electron chi connectivity index (χ4n) is 1.63. The molecule has 0 spiro atoms. The van der Waals surface area contributed by atoms with Crippen molar-refractivity contribution in [1.29, 1.82) is 5.26 Å². The molecule has 0 radical (unpaired) electrons. The van der Waals surface area contributed by atoms with Crippen molar-refractivity contribution in [3.05, 3.63) is 23.5 Å². The summed E-state index contributed by atoms with van der Waals surface area (Å²) >= 11 is 0. The van der Waals surface area contributed by atoms with Crippen molar-refractivity contribution in [2.24, 2.45) is 7.05 Å². The summed E-state index contributed by atoms with van der Waals surface area (Å²) in [6.45, 7) is 3.11. The van der Waals surface area contributed by atoms with Gasteiger partial charge in [0, 0.05) is 32.4 Å². The summed E-state index contributed by atoms with van der Waals surface area (Å²) in [5, 5.41) is 20.9. The smallest absolute Gasteiger partial charge is 0.120 e. The van der Waals surface area contributed by atoms with Gasteiger partial charge in [-0.3, -0.25) is 0 Å². The van der Waals surface area contributed by atoms with E-state index >= 15 is 0 Å². The molecule has 0 aliphatic heterocycles. The minimum atomic E-state index is 0.246. The van der Waals surface area contributed by atoms with Crippen LogP contribution in [0, 0.1) is 11.3 Å². The maximum absolute atomic E-state index is 8.81. The number of hydrogen-bond donors (Lipinski definition) is 2. The first-order chi connectivity index (χ1) is 7.67. The SMILES string of the molecule is CC(CCCO)NCc1cc(C#N)n(C)c1. The molecule has 1 unspecified atom stereocenters. The molecule has 0 aliphatic rings. The Morgan fingerprint density at radius 2 is 2.38 bits per heavy atom. The first kappa shape index (κ1) is 12.8. The second-order valence-corrected chi connectivity index (χ2v) is 4.10. The van der Waals surface area contributed by atoms with E-state index in [1.165, 1.54) is 0 Å². The van der Waals surface area contributed by atoms with Gasteiger partial charge in [0.05, 0.1) is 0 Å². The number of nitriles is 1. The molecule has 2 N–H and O–H groups in total. The topological polar surface area (TPSA) is 61.0 Å². The van der Waals surface area contributed by atoms with Crippen molar-refractivity contribution in [3.8, 4) is 6.07 Å². The van der Waals surface area contributed by atoms with Crippen LogP contribution in [0.3, 0.4) is 0 Å². The van der Waals surface area contributed by atoms with Crippen molar-refractivity contribution in [2.45, 2.75) is 32.4 Å². The fraction of sp³-hybridized carbons (Fsp3) is 0.583. The molecule has 4 heteroatoms. The summed E-state index contributed by atoms with van der Waals surface area (Å²) in [5.74, 6) is 0. The Bertz CT molecular complexity index is 365. The molecule has 0 aliphatic carbocycles. The van der Waals surface area contributed by atoms with E-state index in [4.69, 9.17) is 10.4 Å². The van der Waals surface area contributed by atoms with Gasteiger partial charge < -0.3 is 15.0 Å². The van der Waals surface area contributed by atoms with Crippen molar-refractivity contribution in [2.75, 3.05) is 6.61 Å². The molecule has 1 rings (SSSR count). The van der Waals surface area contributed by atoms with Crippen molar-refractivity contribution in [1.82, 2.24) is 9.88 Å². The van der Waals surface area contributed by atoms with E-state index in [9.17, 15) is 0 Å².